The monoisotopic (exact) mass is 620 g/mol. The predicted octanol–water partition coefficient (Wildman–Crippen LogP) is 5.62. The van der Waals surface area contributed by atoms with Crippen LogP contribution in [0.4, 0.5) is 4.39 Å². The fourth-order valence-corrected chi connectivity index (χ4v) is 5.91. The highest BCUT2D eigenvalue weighted by atomic mass is 79.9. The maximum Gasteiger partial charge on any atom is 0.338 e. The lowest BCUT2D eigenvalue weighted by molar-refractivity contribution is -0.138. The van der Waals surface area contributed by atoms with Gasteiger partial charge in [-0.25, -0.2) is 14.2 Å². The summed E-state index contributed by atoms with van der Waals surface area (Å²) in [7, 11) is 0. The van der Waals surface area contributed by atoms with Crippen molar-refractivity contribution in [3.05, 3.63) is 125 Å². The van der Waals surface area contributed by atoms with Crippen molar-refractivity contribution >= 4 is 45.0 Å². The molecule has 0 saturated heterocycles. The first-order valence-electron chi connectivity index (χ1n) is 12.8. The highest BCUT2D eigenvalue weighted by Crippen LogP contribution is 2.35. The van der Waals surface area contributed by atoms with E-state index in [1.807, 2.05) is 62.4 Å². The number of nitrogens with zero attached hydrogens (tertiary/aromatic N) is 2. The normalized spacial score (nSPS) is 15.2. The van der Waals surface area contributed by atoms with Gasteiger partial charge in [0.25, 0.3) is 5.56 Å². The summed E-state index contributed by atoms with van der Waals surface area (Å²) in [6.45, 7) is 5.74. The summed E-state index contributed by atoms with van der Waals surface area (Å²) < 4.78 is 28.1. The Labute approximate surface area is 242 Å². The Morgan fingerprint density at radius 3 is 2.52 bits per heavy atom. The molecule has 0 amide bonds. The zero-order chi connectivity index (χ0) is 28.4. The zero-order valence-corrected chi connectivity index (χ0v) is 24.5. The van der Waals surface area contributed by atoms with Gasteiger partial charge in [-0.15, -0.1) is 0 Å². The van der Waals surface area contributed by atoms with E-state index in [1.54, 1.807) is 25.1 Å². The molecule has 1 aliphatic heterocycles. The zero-order valence-electron chi connectivity index (χ0n) is 22.1. The minimum atomic E-state index is -0.873. The van der Waals surface area contributed by atoms with Crippen LogP contribution in [-0.4, -0.2) is 23.2 Å². The van der Waals surface area contributed by atoms with Crippen LogP contribution < -0.4 is 19.6 Å². The Hall–Kier alpha value is -3.82. The number of thiazole rings is 1. The van der Waals surface area contributed by atoms with Crippen molar-refractivity contribution < 1.29 is 18.7 Å². The molecule has 0 bridgehead atoms. The first kappa shape index (κ1) is 27.7. The lowest BCUT2D eigenvalue weighted by Crippen LogP contribution is -2.40. The Balaban J connectivity index is 1.81. The van der Waals surface area contributed by atoms with Gasteiger partial charge < -0.3 is 9.47 Å². The van der Waals surface area contributed by atoms with Crippen molar-refractivity contribution in [2.45, 2.75) is 32.9 Å². The molecular formula is C31H26BrFN2O4S. The fourth-order valence-electron chi connectivity index (χ4n) is 4.54. The third kappa shape index (κ3) is 5.57. The number of hydrogen-bond acceptors (Lipinski definition) is 6. The number of benzene rings is 3. The van der Waals surface area contributed by atoms with Gasteiger partial charge in [0.05, 0.1) is 34.6 Å². The van der Waals surface area contributed by atoms with Gasteiger partial charge in [0.2, 0.25) is 0 Å². The number of aromatic nitrogens is 1. The maximum absolute atomic E-state index is 14.0. The quantitative estimate of drug-likeness (QED) is 0.251. The van der Waals surface area contributed by atoms with Crippen molar-refractivity contribution in [2.75, 3.05) is 6.61 Å². The lowest BCUT2D eigenvalue weighted by Gasteiger charge is -2.25. The SMILES string of the molecule is CCOC(=O)C1=C(c2ccccc2)N=c2s/c(=C/c3cc(Br)ccc3OC(C)C)c(=O)n2[C@@H]1c1ccc(F)cc1. The number of esters is 1. The molecule has 0 N–H and O–H groups in total. The minimum absolute atomic E-state index is 0.0615. The number of ether oxygens (including phenoxy) is 2. The molecule has 0 aliphatic carbocycles. The molecule has 0 unspecified atom stereocenters. The standard InChI is InChI=1S/C31H26BrFN2O4S/c1-4-38-30(37)26-27(19-8-6-5-7-9-19)34-31-35(28(26)20-10-13-23(33)14-11-20)29(36)25(40-31)17-21-16-22(32)12-15-24(21)39-18(2)3/h5-18,28H,4H2,1-3H3/b25-17+/t28-/m1/s1. The molecule has 1 aromatic heterocycles. The predicted molar refractivity (Wildman–Crippen MR) is 157 cm³/mol. The van der Waals surface area contributed by atoms with Gasteiger partial charge in [-0.2, -0.15) is 0 Å². The number of rotatable bonds is 7. The van der Waals surface area contributed by atoms with Gasteiger partial charge in [0, 0.05) is 15.6 Å². The average Bonchev–Trinajstić information content (AvgIpc) is 3.24. The van der Waals surface area contributed by atoms with E-state index in [0.717, 1.165) is 10.0 Å². The van der Waals surface area contributed by atoms with Crippen molar-refractivity contribution in [1.29, 1.82) is 0 Å². The first-order valence-corrected chi connectivity index (χ1v) is 14.4. The van der Waals surface area contributed by atoms with Crippen LogP contribution in [-0.2, 0) is 9.53 Å². The Kier molecular flexibility index (Phi) is 8.14. The second kappa shape index (κ2) is 11.7. The number of halogens is 2. The lowest BCUT2D eigenvalue weighted by atomic mass is 9.93. The van der Waals surface area contributed by atoms with Crippen molar-refractivity contribution in [1.82, 2.24) is 4.57 Å². The Morgan fingerprint density at radius 2 is 1.85 bits per heavy atom. The summed E-state index contributed by atoms with van der Waals surface area (Å²) in [5.74, 6) is -0.377. The van der Waals surface area contributed by atoms with E-state index in [9.17, 15) is 14.0 Å². The summed E-state index contributed by atoms with van der Waals surface area (Å²) in [6.07, 6.45) is 1.71. The molecule has 9 heteroatoms. The Morgan fingerprint density at radius 1 is 1.12 bits per heavy atom. The molecule has 204 valence electrons. The average molecular weight is 622 g/mol. The number of carbonyl (C=O) groups is 1. The molecular weight excluding hydrogens is 595 g/mol. The smallest absolute Gasteiger partial charge is 0.338 e. The molecule has 0 spiro atoms. The van der Waals surface area contributed by atoms with Crippen molar-refractivity contribution in [3.8, 4) is 5.75 Å². The second-order valence-electron chi connectivity index (χ2n) is 9.33. The van der Waals surface area contributed by atoms with E-state index in [0.29, 0.717) is 31.9 Å². The molecule has 0 saturated carbocycles. The molecule has 2 heterocycles. The molecule has 3 aromatic carbocycles. The van der Waals surface area contributed by atoms with E-state index in [4.69, 9.17) is 14.5 Å². The van der Waals surface area contributed by atoms with Crippen LogP contribution >= 0.6 is 27.3 Å². The summed E-state index contributed by atoms with van der Waals surface area (Å²) in [6, 6.07) is 19.8. The number of fused-ring (bicyclic) bond motifs is 1. The van der Waals surface area contributed by atoms with Gasteiger partial charge in [0.1, 0.15) is 11.6 Å². The molecule has 4 aromatic rings. The van der Waals surface area contributed by atoms with Crippen LogP contribution in [0.2, 0.25) is 0 Å². The number of hydrogen-bond donors (Lipinski definition) is 0. The topological polar surface area (TPSA) is 69.9 Å². The molecule has 0 fully saturated rings. The van der Waals surface area contributed by atoms with Crippen LogP contribution in [0.25, 0.3) is 11.8 Å². The summed E-state index contributed by atoms with van der Waals surface area (Å²) in [4.78, 5) is 32.8. The highest BCUT2D eigenvalue weighted by Gasteiger charge is 2.35. The van der Waals surface area contributed by atoms with Crippen LogP contribution in [0.5, 0.6) is 5.75 Å². The van der Waals surface area contributed by atoms with Crippen molar-refractivity contribution in [3.63, 3.8) is 0 Å². The van der Waals surface area contributed by atoms with Gasteiger partial charge in [-0.3, -0.25) is 9.36 Å². The minimum Gasteiger partial charge on any atom is -0.490 e. The molecule has 5 rings (SSSR count). The fraction of sp³-hybridized carbons (Fsp3) is 0.194. The van der Waals surface area contributed by atoms with Gasteiger partial charge in [0.15, 0.2) is 4.80 Å². The first-order chi connectivity index (χ1) is 19.3. The van der Waals surface area contributed by atoms with E-state index < -0.39 is 17.8 Å². The Bertz CT molecular complexity index is 1780. The van der Waals surface area contributed by atoms with Crippen LogP contribution in [0.15, 0.2) is 92.6 Å². The van der Waals surface area contributed by atoms with E-state index in [2.05, 4.69) is 15.9 Å². The van der Waals surface area contributed by atoms with Crippen LogP contribution in [0.1, 0.15) is 43.5 Å². The summed E-state index contributed by atoms with van der Waals surface area (Å²) in [5, 5.41) is 0. The third-order valence-corrected chi connectivity index (χ3v) is 7.66. The molecule has 1 aliphatic rings. The molecule has 6 nitrogen and oxygen atoms in total. The van der Waals surface area contributed by atoms with Crippen LogP contribution in [0.3, 0.4) is 0 Å². The largest absolute Gasteiger partial charge is 0.490 e. The van der Waals surface area contributed by atoms with E-state index in [1.165, 1.54) is 28.0 Å². The second-order valence-corrected chi connectivity index (χ2v) is 11.3. The molecule has 1 atom stereocenters. The van der Waals surface area contributed by atoms with E-state index >= 15 is 0 Å². The molecule has 40 heavy (non-hydrogen) atoms. The third-order valence-electron chi connectivity index (χ3n) is 6.18. The summed E-state index contributed by atoms with van der Waals surface area (Å²) >= 11 is 4.72. The van der Waals surface area contributed by atoms with Gasteiger partial charge in [-0.1, -0.05) is 69.7 Å². The van der Waals surface area contributed by atoms with E-state index in [-0.39, 0.29) is 23.8 Å². The van der Waals surface area contributed by atoms with Crippen LogP contribution in [0, 0.1) is 5.82 Å². The molecule has 0 radical (unpaired) electrons. The maximum atomic E-state index is 14.0. The summed E-state index contributed by atoms with van der Waals surface area (Å²) in [5.41, 5.74) is 2.28. The van der Waals surface area contributed by atoms with Crippen molar-refractivity contribution in [2.24, 2.45) is 4.99 Å². The highest BCUT2D eigenvalue weighted by molar-refractivity contribution is 9.10. The van der Waals surface area contributed by atoms with Gasteiger partial charge >= 0.3 is 5.97 Å². The number of carbonyl (C=O) groups excluding carboxylic acids is 1. The van der Waals surface area contributed by atoms with Gasteiger partial charge in [-0.05, 0) is 62.7 Å².